The van der Waals surface area contributed by atoms with Crippen LogP contribution in [0.2, 0.25) is 0 Å². The Kier molecular flexibility index (Phi) is 3.45. The number of hydroxylamine groups is 2. The van der Waals surface area contributed by atoms with Gasteiger partial charge in [0.15, 0.2) is 0 Å². The molecule has 92 valence electrons. The zero-order valence-corrected chi connectivity index (χ0v) is 10.9. The average Bonchev–Trinajstić information content (AvgIpc) is 1.96. The van der Waals surface area contributed by atoms with Crippen LogP contribution in [0.5, 0.6) is 0 Å². The van der Waals surface area contributed by atoms with Crippen molar-refractivity contribution in [1.29, 1.82) is 0 Å². The Balaban J connectivity index is 2.68. The van der Waals surface area contributed by atoms with Crippen LogP contribution in [0.1, 0.15) is 34.6 Å². The van der Waals surface area contributed by atoms with Gasteiger partial charge >= 0.3 is 5.97 Å². The molecule has 0 aromatic carbocycles. The Morgan fingerprint density at radius 2 is 1.69 bits per heavy atom. The first-order chi connectivity index (χ1) is 7.11. The molecule has 4 heteroatoms. The predicted molar refractivity (Wildman–Crippen MR) is 63.8 cm³/mol. The van der Waals surface area contributed by atoms with Gasteiger partial charge in [0, 0.05) is 16.7 Å². The van der Waals surface area contributed by atoms with Gasteiger partial charge in [-0.15, -0.1) is 5.06 Å². The fraction of sp³-hybridized carbons (Fsp3) is 0.750. The number of hydrogen-bond donors (Lipinski definition) is 1. The monoisotopic (exact) mass is 226 g/mol. The largest absolute Gasteiger partial charge is 0.364 e. The van der Waals surface area contributed by atoms with Crippen molar-refractivity contribution in [2.75, 3.05) is 13.1 Å². The summed E-state index contributed by atoms with van der Waals surface area (Å²) in [5.74, 6) is -0.353. The molecule has 0 unspecified atom stereocenters. The molecule has 0 aromatic rings. The molecule has 1 saturated heterocycles. The molecule has 1 aliphatic rings. The van der Waals surface area contributed by atoms with Crippen LogP contribution in [0.25, 0.3) is 0 Å². The Morgan fingerprint density at radius 3 is 2.06 bits per heavy atom. The molecule has 0 bridgehead atoms. The summed E-state index contributed by atoms with van der Waals surface area (Å²) in [5.41, 5.74) is 0.281. The molecule has 1 aliphatic heterocycles. The van der Waals surface area contributed by atoms with Crippen LogP contribution < -0.4 is 5.32 Å². The van der Waals surface area contributed by atoms with Gasteiger partial charge in [-0.05, 0) is 34.6 Å². The number of rotatable bonds is 2. The lowest BCUT2D eigenvalue weighted by Crippen LogP contribution is -2.66. The summed E-state index contributed by atoms with van der Waals surface area (Å²) in [5, 5.41) is 5.22. The average molecular weight is 226 g/mol. The number of piperazine rings is 1. The van der Waals surface area contributed by atoms with Gasteiger partial charge in [-0.2, -0.15) is 0 Å². The SMILES string of the molecule is C=C(C)C(=O)ON1CC(C)(C)NC(C)(C)C1. The highest BCUT2D eigenvalue weighted by atomic mass is 16.7. The van der Waals surface area contributed by atoms with Gasteiger partial charge in [-0.25, -0.2) is 4.79 Å². The fourth-order valence-electron chi connectivity index (χ4n) is 2.19. The van der Waals surface area contributed by atoms with E-state index in [1.165, 1.54) is 0 Å². The van der Waals surface area contributed by atoms with Crippen molar-refractivity contribution in [2.45, 2.75) is 45.7 Å². The number of nitrogens with one attached hydrogen (secondary N) is 1. The molecule has 0 atom stereocenters. The van der Waals surface area contributed by atoms with E-state index in [1.807, 2.05) is 0 Å². The second-order valence-corrected chi connectivity index (χ2v) is 5.85. The standard InChI is InChI=1S/C12H22N2O2/c1-9(2)10(15)16-14-7-11(3,4)13-12(5,6)8-14/h13H,1,7-8H2,2-6H3. The van der Waals surface area contributed by atoms with Crippen molar-refractivity contribution in [1.82, 2.24) is 10.4 Å². The summed E-state index contributed by atoms with van der Waals surface area (Å²) >= 11 is 0. The van der Waals surface area contributed by atoms with Crippen LogP contribution in [-0.2, 0) is 9.63 Å². The Hall–Kier alpha value is -0.870. The molecule has 4 nitrogen and oxygen atoms in total. The lowest BCUT2D eigenvalue weighted by atomic mass is 9.93. The molecule has 0 amide bonds. The third-order valence-electron chi connectivity index (χ3n) is 2.38. The minimum Gasteiger partial charge on any atom is -0.364 e. The Labute approximate surface area is 97.6 Å². The molecule has 0 radical (unpaired) electrons. The van der Waals surface area contributed by atoms with E-state index in [9.17, 15) is 4.79 Å². The van der Waals surface area contributed by atoms with E-state index in [0.717, 1.165) is 0 Å². The summed E-state index contributed by atoms with van der Waals surface area (Å²) < 4.78 is 0. The van der Waals surface area contributed by atoms with Gasteiger partial charge in [0.1, 0.15) is 0 Å². The first-order valence-corrected chi connectivity index (χ1v) is 5.53. The van der Waals surface area contributed by atoms with Crippen molar-refractivity contribution in [3.8, 4) is 0 Å². The molecule has 1 N–H and O–H groups in total. The lowest BCUT2D eigenvalue weighted by Gasteiger charge is -2.46. The quantitative estimate of drug-likeness (QED) is 0.724. The first-order valence-electron chi connectivity index (χ1n) is 5.53. The molecule has 1 rings (SSSR count). The van der Waals surface area contributed by atoms with E-state index in [2.05, 4.69) is 39.6 Å². The maximum atomic E-state index is 11.4. The van der Waals surface area contributed by atoms with E-state index >= 15 is 0 Å². The maximum absolute atomic E-state index is 11.4. The van der Waals surface area contributed by atoms with Gasteiger partial charge in [0.05, 0.1) is 13.1 Å². The van der Waals surface area contributed by atoms with Gasteiger partial charge < -0.3 is 10.2 Å². The topological polar surface area (TPSA) is 41.6 Å². The highest BCUT2D eigenvalue weighted by Gasteiger charge is 2.38. The molecular formula is C12H22N2O2. The van der Waals surface area contributed by atoms with Crippen LogP contribution in [0.3, 0.4) is 0 Å². The van der Waals surface area contributed by atoms with E-state index in [-0.39, 0.29) is 17.0 Å². The zero-order chi connectivity index (χ0) is 12.6. The molecule has 0 saturated carbocycles. The lowest BCUT2D eigenvalue weighted by molar-refractivity contribution is -0.202. The number of hydrogen-bond acceptors (Lipinski definition) is 4. The maximum Gasteiger partial charge on any atom is 0.352 e. The predicted octanol–water partition coefficient (Wildman–Crippen LogP) is 1.48. The molecule has 1 fully saturated rings. The summed E-state index contributed by atoms with van der Waals surface area (Å²) in [7, 11) is 0. The van der Waals surface area contributed by atoms with Crippen molar-refractivity contribution in [3.63, 3.8) is 0 Å². The smallest absolute Gasteiger partial charge is 0.352 e. The molecule has 0 spiro atoms. The minimum atomic E-state index is -0.353. The number of carbonyl (C=O) groups excluding carboxylic acids is 1. The zero-order valence-electron chi connectivity index (χ0n) is 10.9. The number of nitrogens with zero attached hydrogens (tertiary/aromatic N) is 1. The van der Waals surface area contributed by atoms with Crippen LogP contribution in [0.15, 0.2) is 12.2 Å². The van der Waals surface area contributed by atoms with Gasteiger partial charge in [0.2, 0.25) is 0 Å². The highest BCUT2D eigenvalue weighted by Crippen LogP contribution is 2.21. The molecule has 16 heavy (non-hydrogen) atoms. The summed E-state index contributed by atoms with van der Waals surface area (Å²) in [6.07, 6.45) is 0. The summed E-state index contributed by atoms with van der Waals surface area (Å²) in [4.78, 5) is 16.7. The second-order valence-electron chi connectivity index (χ2n) is 5.85. The van der Waals surface area contributed by atoms with Crippen molar-refractivity contribution in [2.24, 2.45) is 0 Å². The highest BCUT2D eigenvalue weighted by molar-refractivity contribution is 5.86. The Bertz CT molecular complexity index is 292. The fourth-order valence-corrected chi connectivity index (χ4v) is 2.19. The Morgan fingerprint density at radius 1 is 1.25 bits per heavy atom. The summed E-state index contributed by atoms with van der Waals surface area (Å²) in [6.45, 7) is 15.0. The van der Waals surface area contributed by atoms with Crippen LogP contribution in [0, 0.1) is 0 Å². The molecular weight excluding hydrogens is 204 g/mol. The third kappa shape index (κ3) is 3.61. The normalized spacial score (nSPS) is 23.8. The third-order valence-corrected chi connectivity index (χ3v) is 2.38. The van der Waals surface area contributed by atoms with Gasteiger partial charge in [-0.1, -0.05) is 6.58 Å². The van der Waals surface area contributed by atoms with E-state index < -0.39 is 0 Å². The number of carbonyl (C=O) groups is 1. The van der Waals surface area contributed by atoms with Crippen LogP contribution >= 0.6 is 0 Å². The van der Waals surface area contributed by atoms with E-state index in [0.29, 0.717) is 18.7 Å². The van der Waals surface area contributed by atoms with Gasteiger partial charge in [-0.3, -0.25) is 0 Å². The molecule has 0 aromatic heterocycles. The van der Waals surface area contributed by atoms with Crippen LogP contribution in [0.4, 0.5) is 0 Å². The van der Waals surface area contributed by atoms with Gasteiger partial charge in [0.25, 0.3) is 0 Å². The molecule has 1 heterocycles. The minimum absolute atomic E-state index is 0.0723. The summed E-state index contributed by atoms with van der Waals surface area (Å²) in [6, 6.07) is 0. The van der Waals surface area contributed by atoms with Crippen LogP contribution in [-0.4, -0.2) is 35.2 Å². The molecule has 0 aliphatic carbocycles. The van der Waals surface area contributed by atoms with Crippen molar-refractivity contribution in [3.05, 3.63) is 12.2 Å². The van der Waals surface area contributed by atoms with Crippen molar-refractivity contribution >= 4 is 5.97 Å². The van der Waals surface area contributed by atoms with Crippen molar-refractivity contribution < 1.29 is 9.63 Å². The van der Waals surface area contributed by atoms with E-state index in [4.69, 9.17) is 4.84 Å². The van der Waals surface area contributed by atoms with E-state index in [1.54, 1.807) is 12.0 Å². The first kappa shape index (κ1) is 13.2. The second kappa shape index (κ2) is 4.18.